The van der Waals surface area contributed by atoms with E-state index in [4.69, 9.17) is 0 Å². The summed E-state index contributed by atoms with van der Waals surface area (Å²) < 4.78 is 0. The number of hydrogen-bond acceptors (Lipinski definition) is 4. The van der Waals surface area contributed by atoms with Crippen molar-refractivity contribution in [3.63, 3.8) is 0 Å². The highest BCUT2D eigenvalue weighted by Gasteiger charge is 2.42. The Labute approximate surface area is 91.6 Å². The second kappa shape index (κ2) is 3.70. The lowest BCUT2D eigenvalue weighted by Crippen LogP contribution is -2.69. The van der Waals surface area contributed by atoms with E-state index in [0.717, 1.165) is 5.41 Å². The topological polar surface area (TPSA) is 48.1 Å². The largest absolute Gasteiger partial charge is 0.316 e. The van der Waals surface area contributed by atoms with E-state index in [1.165, 1.54) is 58.8 Å². The van der Waals surface area contributed by atoms with Crippen LogP contribution in [0.5, 0.6) is 0 Å². The summed E-state index contributed by atoms with van der Waals surface area (Å²) in [7, 11) is 0. The van der Waals surface area contributed by atoms with Crippen molar-refractivity contribution in [1.82, 2.24) is 21.3 Å². The van der Waals surface area contributed by atoms with Crippen LogP contribution in [-0.2, 0) is 0 Å². The Balaban J connectivity index is 0.0000000971. The van der Waals surface area contributed by atoms with E-state index in [9.17, 15) is 0 Å². The van der Waals surface area contributed by atoms with Gasteiger partial charge in [-0.1, -0.05) is 0 Å². The zero-order valence-electron chi connectivity index (χ0n) is 9.36. The van der Waals surface area contributed by atoms with Gasteiger partial charge in [-0.15, -0.1) is 0 Å². The summed E-state index contributed by atoms with van der Waals surface area (Å²) in [5, 5.41) is 13.2. The highest BCUT2D eigenvalue weighted by atomic mass is 15.1. The van der Waals surface area contributed by atoms with Crippen LogP contribution in [0.25, 0.3) is 0 Å². The Morgan fingerprint density at radius 2 is 1.00 bits per heavy atom. The summed E-state index contributed by atoms with van der Waals surface area (Å²) in [6, 6.07) is 0. The van der Waals surface area contributed by atoms with Crippen molar-refractivity contribution >= 4 is 0 Å². The molecule has 4 aliphatic heterocycles. The van der Waals surface area contributed by atoms with E-state index in [2.05, 4.69) is 21.3 Å². The van der Waals surface area contributed by atoms with Gasteiger partial charge in [0.25, 0.3) is 0 Å². The maximum Gasteiger partial charge on any atom is 0.0202 e. The summed E-state index contributed by atoms with van der Waals surface area (Å²) in [6.45, 7) is 9.99. The van der Waals surface area contributed by atoms with E-state index in [1.54, 1.807) is 0 Å². The Bertz CT molecular complexity index is 205. The monoisotopic (exact) mass is 210 g/mol. The van der Waals surface area contributed by atoms with Crippen molar-refractivity contribution in [2.24, 2.45) is 10.8 Å². The van der Waals surface area contributed by atoms with Gasteiger partial charge in [-0.25, -0.2) is 0 Å². The predicted octanol–water partition coefficient (Wildman–Crippen LogP) is -1.25. The SMILES string of the molecule is C1CC2(CN1)CNC2.C1NCC12CNC2. The smallest absolute Gasteiger partial charge is 0.0202 e. The lowest BCUT2D eigenvalue weighted by atomic mass is 9.76. The van der Waals surface area contributed by atoms with Crippen LogP contribution in [0.1, 0.15) is 6.42 Å². The average Bonchev–Trinajstić information content (AvgIpc) is 2.45. The molecule has 0 bridgehead atoms. The molecule has 86 valence electrons. The normalized spacial score (nSPS) is 33.6. The molecule has 0 aliphatic carbocycles. The Hall–Kier alpha value is -0.160. The first-order valence-corrected chi connectivity index (χ1v) is 6.16. The van der Waals surface area contributed by atoms with Crippen LogP contribution in [0.3, 0.4) is 0 Å². The molecule has 0 unspecified atom stereocenters. The molecular weight excluding hydrogens is 188 g/mol. The van der Waals surface area contributed by atoms with Crippen LogP contribution in [0, 0.1) is 10.8 Å². The van der Waals surface area contributed by atoms with Crippen molar-refractivity contribution in [3.05, 3.63) is 0 Å². The third-order valence-electron chi connectivity index (χ3n) is 4.33. The standard InChI is InChI=1S/C6H12N2.C5H10N2/c1-2-7-3-6(1)4-8-5-6;1-5(2-6-1)3-7-4-5/h7-8H,1-5H2;6-7H,1-4H2. The van der Waals surface area contributed by atoms with Crippen molar-refractivity contribution in [2.45, 2.75) is 6.42 Å². The van der Waals surface area contributed by atoms with Gasteiger partial charge in [0.2, 0.25) is 0 Å². The first kappa shape index (κ1) is 10.0. The number of rotatable bonds is 0. The van der Waals surface area contributed by atoms with Gasteiger partial charge in [0.05, 0.1) is 0 Å². The molecule has 4 N–H and O–H groups in total. The lowest BCUT2D eigenvalue weighted by molar-refractivity contribution is 0.0895. The first-order valence-electron chi connectivity index (χ1n) is 6.16. The molecule has 0 aromatic rings. The molecule has 4 nitrogen and oxygen atoms in total. The second-order valence-corrected chi connectivity index (χ2v) is 5.74. The zero-order valence-corrected chi connectivity index (χ0v) is 9.36. The highest BCUT2D eigenvalue weighted by molar-refractivity contribution is 5.01. The molecule has 2 spiro atoms. The van der Waals surface area contributed by atoms with Crippen LogP contribution >= 0.6 is 0 Å². The Morgan fingerprint density at radius 3 is 1.13 bits per heavy atom. The third kappa shape index (κ3) is 1.80. The molecule has 4 fully saturated rings. The summed E-state index contributed by atoms with van der Waals surface area (Å²) in [4.78, 5) is 0. The number of hydrogen-bond donors (Lipinski definition) is 4. The first-order chi connectivity index (χ1) is 7.33. The van der Waals surface area contributed by atoms with Crippen LogP contribution < -0.4 is 21.3 Å². The van der Waals surface area contributed by atoms with Gasteiger partial charge in [0.15, 0.2) is 0 Å². The van der Waals surface area contributed by atoms with Crippen LogP contribution in [0.2, 0.25) is 0 Å². The average molecular weight is 210 g/mol. The summed E-state index contributed by atoms with van der Waals surface area (Å²) in [5.74, 6) is 0. The minimum Gasteiger partial charge on any atom is -0.316 e. The van der Waals surface area contributed by atoms with E-state index in [-0.39, 0.29) is 0 Å². The molecule has 4 heterocycles. The molecule has 4 aliphatic rings. The van der Waals surface area contributed by atoms with E-state index >= 15 is 0 Å². The van der Waals surface area contributed by atoms with Gasteiger partial charge >= 0.3 is 0 Å². The maximum absolute atomic E-state index is 3.38. The van der Waals surface area contributed by atoms with Crippen molar-refractivity contribution in [1.29, 1.82) is 0 Å². The fourth-order valence-electron chi connectivity index (χ4n) is 2.78. The molecule has 15 heavy (non-hydrogen) atoms. The van der Waals surface area contributed by atoms with Gasteiger partial charge in [-0.2, -0.15) is 0 Å². The summed E-state index contributed by atoms with van der Waals surface area (Å²) in [5.41, 5.74) is 1.42. The van der Waals surface area contributed by atoms with Gasteiger partial charge in [0.1, 0.15) is 0 Å². The fraction of sp³-hybridized carbons (Fsp3) is 1.00. The Kier molecular flexibility index (Phi) is 2.47. The molecular formula is C11H22N4. The summed E-state index contributed by atoms with van der Waals surface area (Å²) in [6.07, 6.45) is 1.39. The molecule has 0 radical (unpaired) electrons. The van der Waals surface area contributed by atoms with Gasteiger partial charge in [-0.3, -0.25) is 0 Å². The van der Waals surface area contributed by atoms with E-state index < -0.39 is 0 Å². The molecule has 0 atom stereocenters. The minimum absolute atomic E-state index is 0.694. The summed E-state index contributed by atoms with van der Waals surface area (Å²) >= 11 is 0. The quantitative estimate of drug-likeness (QED) is 0.403. The van der Waals surface area contributed by atoms with Crippen LogP contribution in [0.4, 0.5) is 0 Å². The Morgan fingerprint density at radius 1 is 0.533 bits per heavy atom. The number of nitrogens with one attached hydrogen (secondary N) is 4. The van der Waals surface area contributed by atoms with Crippen molar-refractivity contribution in [2.75, 3.05) is 52.4 Å². The van der Waals surface area contributed by atoms with Gasteiger partial charge in [-0.05, 0) is 13.0 Å². The third-order valence-corrected chi connectivity index (χ3v) is 4.33. The molecule has 0 aromatic carbocycles. The molecule has 4 rings (SSSR count). The second-order valence-electron chi connectivity index (χ2n) is 5.74. The minimum atomic E-state index is 0.694. The maximum atomic E-state index is 3.38. The van der Waals surface area contributed by atoms with Crippen LogP contribution in [-0.4, -0.2) is 52.4 Å². The molecule has 4 saturated heterocycles. The molecule has 0 saturated carbocycles. The predicted molar refractivity (Wildman–Crippen MR) is 61.0 cm³/mol. The molecule has 0 aromatic heterocycles. The lowest BCUT2D eigenvalue weighted by Gasteiger charge is -2.50. The van der Waals surface area contributed by atoms with Crippen molar-refractivity contribution in [3.8, 4) is 0 Å². The highest BCUT2D eigenvalue weighted by Crippen LogP contribution is 2.28. The molecule has 0 amide bonds. The zero-order chi connectivity index (χ0) is 10.2. The molecule has 4 heteroatoms. The van der Waals surface area contributed by atoms with Gasteiger partial charge in [0, 0.05) is 56.6 Å². The van der Waals surface area contributed by atoms with Gasteiger partial charge < -0.3 is 21.3 Å². The van der Waals surface area contributed by atoms with E-state index in [0.29, 0.717) is 5.41 Å². The van der Waals surface area contributed by atoms with E-state index in [1.807, 2.05) is 0 Å². The van der Waals surface area contributed by atoms with Crippen LogP contribution in [0.15, 0.2) is 0 Å². The van der Waals surface area contributed by atoms with Crippen molar-refractivity contribution < 1.29 is 0 Å². The fourth-order valence-corrected chi connectivity index (χ4v) is 2.78.